The molecule has 0 radical (unpaired) electrons. The lowest BCUT2D eigenvalue weighted by Gasteiger charge is -2.23. The zero-order valence-corrected chi connectivity index (χ0v) is 16.0. The molecule has 4 rings (SSSR count). The minimum atomic E-state index is 0. The van der Waals surface area contributed by atoms with E-state index in [9.17, 15) is 0 Å². The third-order valence-corrected chi connectivity index (χ3v) is 4.76. The Hall–Kier alpha value is -2.18. The number of benzene rings is 1. The second-order valence-corrected chi connectivity index (χ2v) is 6.74. The molecule has 26 heavy (non-hydrogen) atoms. The molecule has 5 nitrogen and oxygen atoms in total. The number of hydrogen-bond donors (Lipinski definition) is 2. The number of piperidine rings is 1. The first-order valence-electron chi connectivity index (χ1n) is 8.93. The van der Waals surface area contributed by atoms with Gasteiger partial charge in [0.05, 0.1) is 11.2 Å². The van der Waals surface area contributed by atoms with Gasteiger partial charge in [-0.1, -0.05) is 29.8 Å². The fourth-order valence-corrected chi connectivity index (χ4v) is 3.31. The highest BCUT2D eigenvalue weighted by atomic mass is 32.1. The highest BCUT2D eigenvalue weighted by Crippen LogP contribution is 2.26. The van der Waals surface area contributed by atoms with E-state index in [1.165, 1.54) is 18.4 Å². The van der Waals surface area contributed by atoms with Crippen molar-refractivity contribution in [3.05, 3.63) is 48.3 Å². The van der Waals surface area contributed by atoms with Gasteiger partial charge < -0.3 is 10.6 Å². The topological polar surface area (TPSA) is 62.7 Å². The van der Waals surface area contributed by atoms with Crippen molar-refractivity contribution in [1.82, 2.24) is 20.3 Å². The third-order valence-electron chi connectivity index (χ3n) is 4.76. The minimum Gasteiger partial charge on any atom is -0.368 e. The largest absolute Gasteiger partial charge is 0.368 e. The average Bonchev–Trinajstić information content (AvgIpc) is 2.67. The van der Waals surface area contributed by atoms with Crippen LogP contribution in [0.4, 0.5) is 5.82 Å². The van der Waals surface area contributed by atoms with E-state index in [0.717, 1.165) is 47.7 Å². The van der Waals surface area contributed by atoms with Gasteiger partial charge in [-0.3, -0.25) is 4.98 Å². The average molecular weight is 368 g/mol. The summed E-state index contributed by atoms with van der Waals surface area (Å²) >= 11 is 0. The number of nitrogens with one attached hydrogen (secondary N) is 2. The second-order valence-electron chi connectivity index (χ2n) is 6.74. The quantitative estimate of drug-likeness (QED) is 0.739. The highest BCUT2D eigenvalue weighted by Gasteiger charge is 2.15. The third kappa shape index (κ3) is 4.14. The molecule has 1 aliphatic rings. The van der Waals surface area contributed by atoms with Crippen LogP contribution in [0.3, 0.4) is 0 Å². The van der Waals surface area contributed by atoms with Gasteiger partial charge in [-0.15, -0.1) is 0 Å². The SMILES string of the molecule is Cc1ccc(-c2cc3nccnc3c(NC[C@H]3CCCNC3)n2)cc1.S. The molecule has 1 atom stereocenters. The number of aryl methyl sites for hydroxylation is 1. The van der Waals surface area contributed by atoms with Crippen molar-refractivity contribution >= 4 is 30.3 Å². The summed E-state index contributed by atoms with van der Waals surface area (Å²) in [5.41, 5.74) is 4.98. The molecule has 1 aromatic carbocycles. The molecule has 0 bridgehead atoms. The van der Waals surface area contributed by atoms with Crippen molar-refractivity contribution in [1.29, 1.82) is 0 Å². The van der Waals surface area contributed by atoms with Crippen LogP contribution in [0.1, 0.15) is 18.4 Å². The molecule has 0 aliphatic carbocycles. The Bertz CT molecular complexity index is 860. The first-order valence-corrected chi connectivity index (χ1v) is 8.93. The van der Waals surface area contributed by atoms with Crippen molar-refractivity contribution in [3.63, 3.8) is 0 Å². The molecule has 1 saturated heterocycles. The fraction of sp³-hybridized carbons (Fsp3) is 0.350. The summed E-state index contributed by atoms with van der Waals surface area (Å²) in [5, 5.41) is 6.99. The maximum Gasteiger partial charge on any atom is 0.154 e. The van der Waals surface area contributed by atoms with Gasteiger partial charge in [-0.2, -0.15) is 13.5 Å². The Morgan fingerprint density at radius 2 is 1.96 bits per heavy atom. The van der Waals surface area contributed by atoms with Crippen LogP contribution in [0.25, 0.3) is 22.3 Å². The lowest BCUT2D eigenvalue weighted by atomic mass is 10.00. The van der Waals surface area contributed by atoms with Crippen LogP contribution in [-0.4, -0.2) is 34.6 Å². The molecule has 0 amide bonds. The van der Waals surface area contributed by atoms with Crippen LogP contribution in [-0.2, 0) is 0 Å². The van der Waals surface area contributed by atoms with E-state index in [4.69, 9.17) is 4.98 Å². The monoisotopic (exact) mass is 367 g/mol. The van der Waals surface area contributed by atoms with E-state index in [0.29, 0.717) is 5.92 Å². The zero-order chi connectivity index (χ0) is 17.1. The molecule has 1 aliphatic heterocycles. The highest BCUT2D eigenvalue weighted by molar-refractivity contribution is 7.59. The van der Waals surface area contributed by atoms with Crippen LogP contribution < -0.4 is 10.6 Å². The zero-order valence-electron chi connectivity index (χ0n) is 15.0. The number of fused-ring (bicyclic) bond motifs is 1. The normalized spacial score (nSPS) is 16.9. The molecule has 0 unspecified atom stereocenters. The van der Waals surface area contributed by atoms with Gasteiger partial charge in [0.2, 0.25) is 0 Å². The van der Waals surface area contributed by atoms with Crippen molar-refractivity contribution in [2.45, 2.75) is 19.8 Å². The van der Waals surface area contributed by atoms with Gasteiger partial charge in [-0.25, -0.2) is 9.97 Å². The van der Waals surface area contributed by atoms with Gasteiger partial charge in [-0.05, 0) is 44.8 Å². The van der Waals surface area contributed by atoms with Crippen molar-refractivity contribution in [2.24, 2.45) is 5.92 Å². The summed E-state index contributed by atoms with van der Waals surface area (Å²) in [6.07, 6.45) is 5.95. The van der Waals surface area contributed by atoms with E-state index >= 15 is 0 Å². The van der Waals surface area contributed by atoms with Gasteiger partial charge in [0.15, 0.2) is 5.82 Å². The smallest absolute Gasteiger partial charge is 0.154 e. The molecule has 1 fully saturated rings. The fourth-order valence-electron chi connectivity index (χ4n) is 3.31. The summed E-state index contributed by atoms with van der Waals surface area (Å²) in [5.74, 6) is 1.46. The molecular weight excluding hydrogens is 342 g/mol. The molecule has 3 heterocycles. The molecule has 136 valence electrons. The van der Waals surface area contributed by atoms with Crippen LogP contribution in [0.15, 0.2) is 42.7 Å². The van der Waals surface area contributed by atoms with Gasteiger partial charge in [0.25, 0.3) is 0 Å². The van der Waals surface area contributed by atoms with E-state index < -0.39 is 0 Å². The van der Waals surface area contributed by atoms with Crippen LogP contribution in [0, 0.1) is 12.8 Å². The van der Waals surface area contributed by atoms with Crippen LogP contribution >= 0.6 is 13.5 Å². The Labute approximate surface area is 161 Å². The van der Waals surface area contributed by atoms with Crippen molar-refractivity contribution in [2.75, 3.05) is 25.0 Å². The maximum atomic E-state index is 4.85. The molecule has 6 heteroatoms. The summed E-state index contributed by atoms with van der Waals surface area (Å²) in [6.45, 7) is 5.19. The van der Waals surface area contributed by atoms with Crippen LogP contribution in [0.5, 0.6) is 0 Å². The molecule has 0 spiro atoms. The Morgan fingerprint density at radius 1 is 1.15 bits per heavy atom. The minimum absolute atomic E-state index is 0. The number of rotatable bonds is 4. The number of nitrogens with zero attached hydrogens (tertiary/aromatic N) is 3. The molecular formula is C20H25N5S. The lowest BCUT2D eigenvalue weighted by Crippen LogP contribution is -2.33. The number of anilines is 1. The first kappa shape index (κ1) is 18.6. The van der Waals surface area contributed by atoms with E-state index in [1.807, 2.05) is 6.07 Å². The van der Waals surface area contributed by atoms with Crippen molar-refractivity contribution in [3.8, 4) is 11.3 Å². The number of hydrogen-bond acceptors (Lipinski definition) is 5. The van der Waals surface area contributed by atoms with E-state index in [-0.39, 0.29) is 13.5 Å². The van der Waals surface area contributed by atoms with Crippen LogP contribution in [0.2, 0.25) is 0 Å². The Balaban J connectivity index is 0.00000196. The first-order chi connectivity index (χ1) is 12.3. The van der Waals surface area contributed by atoms with Gasteiger partial charge in [0, 0.05) is 24.5 Å². The molecule has 2 N–H and O–H groups in total. The van der Waals surface area contributed by atoms with E-state index in [2.05, 4.69) is 51.8 Å². The predicted octanol–water partition coefficient (Wildman–Crippen LogP) is 3.52. The molecule has 2 aromatic heterocycles. The summed E-state index contributed by atoms with van der Waals surface area (Å²) in [4.78, 5) is 13.8. The molecule has 3 aromatic rings. The van der Waals surface area contributed by atoms with Gasteiger partial charge >= 0.3 is 0 Å². The number of aromatic nitrogens is 3. The molecule has 0 saturated carbocycles. The Morgan fingerprint density at radius 3 is 2.73 bits per heavy atom. The van der Waals surface area contributed by atoms with Gasteiger partial charge in [0.1, 0.15) is 5.52 Å². The van der Waals surface area contributed by atoms with E-state index in [1.54, 1.807) is 12.4 Å². The van der Waals surface area contributed by atoms with Crippen molar-refractivity contribution < 1.29 is 0 Å². The maximum absolute atomic E-state index is 4.85. The Kier molecular flexibility index (Phi) is 6.06. The summed E-state index contributed by atoms with van der Waals surface area (Å²) in [7, 11) is 0. The predicted molar refractivity (Wildman–Crippen MR) is 112 cm³/mol. The lowest BCUT2D eigenvalue weighted by molar-refractivity contribution is 0.392. The summed E-state index contributed by atoms with van der Waals surface area (Å²) in [6, 6.07) is 10.4. The summed E-state index contributed by atoms with van der Waals surface area (Å²) < 4.78 is 0. The second kappa shape index (κ2) is 8.47. The number of pyridine rings is 1. The standard InChI is InChI=1S/C20H23N5.H2S/c1-14-4-6-16(7-5-14)17-11-18-19(23-10-9-22-18)20(25-17)24-13-15-3-2-8-21-12-15;/h4-7,9-11,15,21H,2-3,8,12-13H2,1H3,(H,24,25);1H2/t15-;/m0./s1.